The van der Waals surface area contributed by atoms with Crippen LogP contribution in [0.15, 0.2) is 46.3 Å². The van der Waals surface area contributed by atoms with Crippen molar-refractivity contribution in [1.29, 1.82) is 0 Å². The minimum atomic E-state index is -0.608. The fraction of sp³-hybridized carbons (Fsp3) is 0.278. The van der Waals surface area contributed by atoms with E-state index in [1.165, 1.54) is 11.3 Å². The number of hydrogen-bond acceptors (Lipinski definition) is 7. The third-order valence-corrected chi connectivity index (χ3v) is 4.49. The van der Waals surface area contributed by atoms with E-state index in [1.807, 2.05) is 24.4 Å². The molecule has 7 nitrogen and oxygen atoms in total. The molecule has 8 heteroatoms. The van der Waals surface area contributed by atoms with Crippen molar-refractivity contribution >= 4 is 17.2 Å². The van der Waals surface area contributed by atoms with Crippen LogP contribution in [0.2, 0.25) is 0 Å². The van der Waals surface area contributed by atoms with E-state index < -0.39 is 6.10 Å². The second-order valence-corrected chi connectivity index (χ2v) is 6.34. The number of amides is 1. The van der Waals surface area contributed by atoms with Gasteiger partial charge in [0.1, 0.15) is 11.5 Å². The predicted octanol–water partition coefficient (Wildman–Crippen LogP) is 3.28. The smallest absolute Gasteiger partial charge is 0.261 e. The van der Waals surface area contributed by atoms with Crippen molar-refractivity contribution in [1.82, 2.24) is 15.5 Å². The van der Waals surface area contributed by atoms with Crippen LogP contribution >= 0.6 is 11.3 Å². The van der Waals surface area contributed by atoms with Gasteiger partial charge in [-0.1, -0.05) is 18.1 Å². The number of benzene rings is 1. The Balaban J connectivity index is 1.55. The number of carbonyl (C=O) groups excluding carboxylic acids is 1. The summed E-state index contributed by atoms with van der Waals surface area (Å²) >= 11 is 1.52. The van der Waals surface area contributed by atoms with Crippen LogP contribution in [0.4, 0.5) is 0 Å². The van der Waals surface area contributed by atoms with Crippen molar-refractivity contribution in [2.75, 3.05) is 7.11 Å². The number of methoxy groups -OCH3 is 1. The lowest BCUT2D eigenvalue weighted by atomic mass is 10.2. The second kappa shape index (κ2) is 8.48. The molecule has 26 heavy (non-hydrogen) atoms. The van der Waals surface area contributed by atoms with Crippen LogP contribution in [0.25, 0.3) is 10.7 Å². The van der Waals surface area contributed by atoms with Gasteiger partial charge < -0.3 is 19.3 Å². The molecule has 3 rings (SSSR count). The fourth-order valence-corrected chi connectivity index (χ4v) is 2.90. The van der Waals surface area contributed by atoms with Crippen LogP contribution in [0.3, 0.4) is 0 Å². The first-order valence-electron chi connectivity index (χ1n) is 8.14. The number of ether oxygens (including phenoxy) is 2. The van der Waals surface area contributed by atoms with Crippen LogP contribution in [0, 0.1) is 0 Å². The summed E-state index contributed by atoms with van der Waals surface area (Å²) in [7, 11) is 1.60. The normalized spacial score (nSPS) is 11.8. The summed E-state index contributed by atoms with van der Waals surface area (Å²) in [5.74, 6) is 1.96. The summed E-state index contributed by atoms with van der Waals surface area (Å²) < 4.78 is 16.0. The molecular formula is C18H19N3O4S. The first-order chi connectivity index (χ1) is 12.7. The second-order valence-electron chi connectivity index (χ2n) is 5.40. The van der Waals surface area contributed by atoms with Gasteiger partial charge in [0.15, 0.2) is 6.10 Å². The standard InChI is InChI=1S/C18H19N3O4S/c1-3-14(24-13-8-6-12(23-2)7-9-13)18(22)19-11-16-20-17(21-25-16)15-5-4-10-26-15/h4-10,14H,3,11H2,1-2H3,(H,19,22). The Bertz CT molecular complexity index is 831. The van der Waals surface area contributed by atoms with E-state index in [0.29, 0.717) is 23.9 Å². The predicted molar refractivity (Wildman–Crippen MR) is 97.2 cm³/mol. The minimum absolute atomic E-state index is 0.152. The molecule has 0 spiro atoms. The topological polar surface area (TPSA) is 86.5 Å². The number of aromatic nitrogens is 2. The Morgan fingerprint density at radius 2 is 2.04 bits per heavy atom. The summed E-state index contributed by atoms with van der Waals surface area (Å²) in [6, 6.07) is 10.9. The van der Waals surface area contributed by atoms with Gasteiger partial charge in [-0.25, -0.2) is 0 Å². The zero-order valence-electron chi connectivity index (χ0n) is 14.5. The van der Waals surface area contributed by atoms with Gasteiger partial charge in [-0.15, -0.1) is 11.3 Å². The zero-order valence-corrected chi connectivity index (χ0v) is 15.3. The first kappa shape index (κ1) is 17.9. The Hall–Kier alpha value is -2.87. The lowest BCUT2D eigenvalue weighted by Gasteiger charge is -2.16. The van der Waals surface area contributed by atoms with E-state index in [0.717, 1.165) is 10.6 Å². The molecule has 2 aromatic heterocycles. The number of thiophene rings is 1. The highest BCUT2D eigenvalue weighted by Crippen LogP contribution is 2.21. The highest BCUT2D eigenvalue weighted by Gasteiger charge is 2.19. The van der Waals surface area contributed by atoms with E-state index >= 15 is 0 Å². The Kier molecular flexibility index (Phi) is 5.85. The Morgan fingerprint density at radius 1 is 1.27 bits per heavy atom. The maximum absolute atomic E-state index is 12.4. The quantitative estimate of drug-likeness (QED) is 0.652. The van der Waals surface area contributed by atoms with E-state index in [-0.39, 0.29) is 12.5 Å². The van der Waals surface area contributed by atoms with Crippen molar-refractivity contribution in [2.24, 2.45) is 0 Å². The molecule has 0 saturated carbocycles. The molecule has 3 aromatic rings. The lowest BCUT2D eigenvalue weighted by molar-refractivity contribution is -0.128. The molecule has 1 amide bonds. The van der Waals surface area contributed by atoms with Crippen LogP contribution in [0.5, 0.6) is 11.5 Å². The number of rotatable bonds is 8. The molecule has 0 aliphatic rings. The number of hydrogen-bond donors (Lipinski definition) is 1. The van der Waals surface area contributed by atoms with Crippen molar-refractivity contribution in [3.05, 3.63) is 47.7 Å². The van der Waals surface area contributed by atoms with Crippen LogP contribution in [-0.4, -0.2) is 29.3 Å². The molecule has 1 atom stereocenters. The van der Waals surface area contributed by atoms with E-state index in [4.69, 9.17) is 14.0 Å². The maximum Gasteiger partial charge on any atom is 0.261 e. The number of nitrogens with one attached hydrogen (secondary N) is 1. The summed E-state index contributed by atoms with van der Waals surface area (Å²) in [5.41, 5.74) is 0. The van der Waals surface area contributed by atoms with Crippen LogP contribution in [-0.2, 0) is 11.3 Å². The molecule has 0 aliphatic heterocycles. The number of carbonyl (C=O) groups is 1. The molecular weight excluding hydrogens is 354 g/mol. The van der Waals surface area contributed by atoms with Crippen LogP contribution in [0.1, 0.15) is 19.2 Å². The Morgan fingerprint density at radius 3 is 2.69 bits per heavy atom. The summed E-state index contributed by atoms with van der Waals surface area (Å²) in [5, 5.41) is 8.63. The average molecular weight is 373 g/mol. The maximum atomic E-state index is 12.4. The van der Waals surface area contributed by atoms with Gasteiger partial charge >= 0.3 is 0 Å². The molecule has 0 fully saturated rings. The average Bonchev–Trinajstić information content (AvgIpc) is 3.36. The van der Waals surface area contributed by atoms with Gasteiger partial charge in [0.25, 0.3) is 5.91 Å². The molecule has 1 N–H and O–H groups in total. The van der Waals surface area contributed by atoms with Gasteiger partial charge in [-0.3, -0.25) is 4.79 Å². The van der Waals surface area contributed by atoms with E-state index in [2.05, 4.69) is 15.5 Å². The Labute approximate surface area is 154 Å². The third-order valence-electron chi connectivity index (χ3n) is 3.62. The summed E-state index contributed by atoms with van der Waals surface area (Å²) in [6.45, 7) is 2.04. The molecule has 0 radical (unpaired) electrons. The van der Waals surface area contributed by atoms with Crippen molar-refractivity contribution in [3.63, 3.8) is 0 Å². The molecule has 136 valence electrons. The minimum Gasteiger partial charge on any atom is -0.497 e. The monoisotopic (exact) mass is 373 g/mol. The van der Waals surface area contributed by atoms with Crippen molar-refractivity contribution in [3.8, 4) is 22.2 Å². The SMILES string of the molecule is CCC(Oc1ccc(OC)cc1)C(=O)NCc1nc(-c2cccs2)no1. The largest absolute Gasteiger partial charge is 0.497 e. The van der Waals surface area contributed by atoms with Gasteiger partial charge in [0, 0.05) is 0 Å². The zero-order chi connectivity index (χ0) is 18.4. The van der Waals surface area contributed by atoms with Gasteiger partial charge in [-0.2, -0.15) is 4.98 Å². The van der Waals surface area contributed by atoms with Crippen molar-refractivity contribution < 1.29 is 18.8 Å². The summed E-state index contributed by atoms with van der Waals surface area (Å²) in [4.78, 5) is 17.6. The highest BCUT2D eigenvalue weighted by molar-refractivity contribution is 7.13. The van der Waals surface area contributed by atoms with E-state index in [1.54, 1.807) is 31.4 Å². The molecule has 0 aliphatic carbocycles. The lowest BCUT2D eigenvalue weighted by Crippen LogP contribution is -2.37. The van der Waals surface area contributed by atoms with Crippen molar-refractivity contribution in [2.45, 2.75) is 26.0 Å². The fourth-order valence-electron chi connectivity index (χ4n) is 2.25. The van der Waals surface area contributed by atoms with Crippen LogP contribution < -0.4 is 14.8 Å². The molecule has 1 aromatic carbocycles. The van der Waals surface area contributed by atoms with Gasteiger partial charge in [-0.05, 0) is 42.1 Å². The first-order valence-corrected chi connectivity index (χ1v) is 9.02. The number of nitrogens with zero attached hydrogens (tertiary/aromatic N) is 2. The van der Waals surface area contributed by atoms with E-state index in [9.17, 15) is 4.79 Å². The molecule has 1 unspecified atom stereocenters. The molecule has 0 saturated heterocycles. The highest BCUT2D eigenvalue weighted by atomic mass is 32.1. The summed E-state index contributed by atoms with van der Waals surface area (Å²) in [6.07, 6.45) is -0.0784. The van der Waals surface area contributed by atoms with Gasteiger partial charge in [0.05, 0.1) is 18.5 Å². The third kappa shape index (κ3) is 4.40. The molecule has 2 heterocycles. The van der Waals surface area contributed by atoms with Gasteiger partial charge in [0.2, 0.25) is 11.7 Å². The molecule has 0 bridgehead atoms.